The summed E-state index contributed by atoms with van der Waals surface area (Å²) in [4.78, 5) is 12.3. The molecular formula is C19H20Cl2O4. The molecule has 0 aliphatic carbocycles. The number of carbonyl (C=O) groups excluding carboxylic acids is 1. The minimum Gasteiger partial charge on any atom is -0.472 e. The van der Waals surface area contributed by atoms with Crippen molar-refractivity contribution in [3.63, 3.8) is 0 Å². The van der Waals surface area contributed by atoms with Gasteiger partial charge in [-0.25, -0.2) is 4.79 Å². The Morgan fingerprint density at radius 1 is 1.24 bits per heavy atom. The molecule has 2 aromatic rings. The van der Waals surface area contributed by atoms with Crippen LogP contribution < -0.4 is 4.74 Å². The third kappa shape index (κ3) is 4.88. The molecule has 4 nitrogen and oxygen atoms in total. The Balaban J connectivity index is 2.46. The molecule has 0 spiro atoms. The highest BCUT2D eigenvalue weighted by Gasteiger charge is 2.26. The Labute approximate surface area is 157 Å². The Hall–Kier alpha value is -1.75. The minimum absolute atomic E-state index is 0.120. The van der Waals surface area contributed by atoms with Gasteiger partial charge in [-0.3, -0.25) is 0 Å². The standard InChI is InChI=1S/C19H20Cl2O4/c1-3-5-13-8-12(11-22)9-16(21)17(13)25-18(19(23)24-2)14-6-4-7-15(20)10-14/h4,6-10,18,22H,3,5,11H2,1-2H3. The van der Waals surface area contributed by atoms with E-state index < -0.39 is 12.1 Å². The number of methoxy groups -OCH3 is 1. The second kappa shape index (κ2) is 9.09. The van der Waals surface area contributed by atoms with Crippen molar-refractivity contribution in [1.82, 2.24) is 0 Å². The molecular weight excluding hydrogens is 363 g/mol. The summed E-state index contributed by atoms with van der Waals surface area (Å²) < 4.78 is 10.8. The SMILES string of the molecule is CCCc1cc(CO)cc(Cl)c1OC(C(=O)OC)c1cccc(Cl)c1. The molecule has 0 amide bonds. The predicted molar refractivity (Wildman–Crippen MR) is 98.2 cm³/mol. The molecule has 0 heterocycles. The zero-order chi connectivity index (χ0) is 18.4. The maximum Gasteiger partial charge on any atom is 0.351 e. The minimum atomic E-state index is -0.989. The van der Waals surface area contributed by atoms with Crippen LogP contribution in [0.4, 0.5) is 0 Å². The van der Waals surface area contributed by atoms with Crippen LogP contribution in [0, 0.1) is 0 Å². The number of aryl methyl sites for hydroxylation is 1. The van der Waals surface area contributed by atoms with Gasteiger partial charge < -0.3 is 14.6 Å². The second-order valence-electron chi connectivity index (χ2n) is 5.55. The highest BCUT2D eigenvalue weighted by atomic mass is 35.5. The van der Waals surface area contributed by atoms with Crippen LogP contribution in [-0.4, -0.2) is 18.2 Å². The van der Waals surface area contributed by atoms with E-state index in [0.29, 0.717) is 33.3 Å². The van der Waals surface area contributed by atoms with Gasteiger partial charge in [-0.05, 0) is 41.8 Å². The number of aliphatic hydroxyl groups excluding tert-OH is 1. The first-order valence-electron chi connectivity index (χ1n) is 7.92. The quantitative estimate of drug-likeness (QED) is 0.703. The fourth-order valence-corrected chi connectivity index (χ4v) is 3.04. The van der Waals surface area contributed by atoms with Crippen LogP contribution in [0.5, 0.6) is 5.75 Å². The van der Waals surface area contributed by atoms with E-state index in [1.54, 1.807) is 30.3 Å². The number of carbonyl (C=O) groups is 1. The van der Waals surface area contributed by atoms with Crippen LogP contribution in [0.3, 0.4) is 0 Å². The summed E-state index contributed by atoms with van der Waals surface area (Å²) in [5, 5.41) is 10.2. The Kier molecular flexibility index (Phi) is 7.12. The van der Waals surface area contributed by atoms with E-state index in [1.165, 1.54) is 7.11 Å². The number of rotatable bonds is 7. The third-order valence-corrected chi connectivity index (χ3v) is 4.20. The number of hydrogen-bond acceptors (Lipinski definition) is 4. The van der Waals surface area contributed by atoms with E-state index in [-0.39, 0.29) is 6.61 Å². The highest BCUT2D eigenvalue weighted by molar-refractivity contribution is 6.32. The van der Waals surface area contributed by atoms with Crippen molar-refractivity contribution >= 4 is 29.2 Å². The molecule has 25 heavy (non-hydrogen) atoms. The van der Waals surface area contributed by atoms with Crippen molar-refractivity contribution in [2.45, 2.75) is 32.5 Å². The van der Waals surface area contributed by atoms with Crippen LogP contribution in [0.15, 0.2) is 36.4 Å². The Bertz CT molecular complexity index is 746. The number of benzene rings is 2. The molecule has 6 heteroatoms. The van der Waals surface area contributed by atoms with Gasteiger partial charge in [-0.15, -0.1) is 0 Å². The van der Waals surface area contributed by atoms with Crippen LogP contribution in [-0.2, 0) is 22.6 Å². The molecule has 2 aromatic carbocycles. The van der Waals surface area contributed by atoms with Gasteiger partial charge in [0.05, 0.1) is 18.7 Å². The first kappa shape index (κ1) is 19.6. The molecule has 0 fully saturated rings. The van der Waals surface area contributed by atoms with E-state index in [2.05, 4.69) is 0 Å². The molecule has 0 saturated heterocycles. The fraction of sp³-hybridized carbons (Fsp3) is 0.316. The topological polar surface area (TPSA) is 55.8 Å². The van der Waals surface area contributed by atoms with Crippen molar-refractivity contribution in [2.75, 3.05) is 7.11 Å². The van der Waals surface area contributed by atoms with Gasteiger partial charge >= 0.3 is 5.97 Å². The lowest BCUT2D eigenvalue weighted by Crippen LogP contribution is -2.21. The van der Waals surface area contributed by atoms with Crippen LogP contribution >= 0.6 is 23.2 Å². The van der Waals surface area contributed by atoms with E-state index in [1.807, 2.05) is 13.0 Å². The van der Waals surface area contributed by atoms with Gasteiger partial charge in [-0.2, -0.15) is 0 Å². The summed E-state index contributed by atoms with van der Waals surface area (Å²) >= 11 is 12.4. The average molecular weight is 383 g/mol. The number of halogens is 2. The first-order valence-corrected chi connectivity index (χ1v) is 8.67. The Morgan fingerprint density at radius 2 is 2.00 bits per heavy atom. The zero-order valence-corrected chi connectivity index (χ0v) is 15.6. The lowest BCUT2D eigenvalue weighted by Gasteiger charge is -2.21. The number of esters is 1. The zero-order valence-electron chi connectivity index (χ0n) is 14.1. The summed E-state index contributed by atoms with van der Waals surface area (Å²) in [6.45, 7) is 1.91. The van der Waals surface area contributed by atoms with Crippen LogP contribution in [0.1, 0.15) is 36.1 Å². The predicted octanol–water partition coefficient (Wildman–Crippen LogP) is 4.73. The molecule has 1 N–H and O–H groups in total. The average Bonchev–Trinajstić information content (AvgIpc) is 2.60. The molecule has 1 atom stereocenters. The van der Waals surface area contributed by atoms with Crippen molar-refractivity contribution in [1.29, 1.82) is 0 Å². The largest absolute Gasteiger partial charge is 0.472 e. The van der Waals surface area contributed by atoms with Crippen molar-refractivity contribution in [3.8, 4) is 5.75 Å². The molecule has 0 aromatic heterocycles. The van der Waals surface area contributed by atoms with Gasteiger partial charge in [0.1, 0.15) is 5.75 Å². The smallest absolute Gasteiger partial charge is 0.351 e. The van der Waals surface area contributed by atoms with E-state index >= 15 is 0 Å². The second-order valence-corrected chi connectivity index (χ2v) is 6.39. The van der Waals surface area contributed by atoms with Crippen molar-refractivity contribution < 1.29 is 19.4 Å². The lowest BCUT2D eigenvalue weighted by molar-refractivity contribution is -0.149. The molecule has 134 valence electrons. The molecule has 0 radical (unpaired) electrons. The van der Waals surface area contributed by atoms with Gasteiger partial charge in [0.25, 0.3) is 0 Å². The van der Waals surface area contributed by atoms with Crippen LogP contribution in [0.25, 0.3) is 0 Å². The summed E-state index contributed by atoms with van der Waals surface area (Å²) in [6.07, 6.45) is 0.574. The molecule has 0 bridgehead atoms. The molecule has 0 saturated carbocycles. The maximum atomic E-state index is 12.3. The Morgan fingerprint density at radius 3 is 2.60 bits per heavy atom. The van der Waals surface area contributed by atoms with Crippen molar-refractivity contribution in [3.05, 3.63) is 63.1 Å². The summed E-state index contributed by atoms with van der Waals surface area (Å²) in [7, 11) is 1.30. The van der Waals surface area contributed by atoms with Crippen molar-refractivity contribution in [2.24, 2.45) is 0 Å². The molecule has 0 aliphatic rings. The number of aliphatic hydroxyl groups is 1. The molecule has 1 unspecified atom stereocenters. The number of ether oxygens (including phenoxy) is 2. The van der Waals surface area contributed by atoms with Gasteiger partial charge in [0.15, 0.2) is 0 Å². The lowest BCUT2D eigenvalue weighted by atomic mass is 10.0. The fourth-order valence-electron chi connectivity index (χ4n) is 2.54. The highest BCUT2D eigenvalue weighted by Crippen LogP contribution is 2.35. The summed E-state index contributed by atoms with van der Waals surface area (Å²) in [5.41, 5.74) is 2.09. The summed E-state index contributed by atoms with van der Waals surface area (Å²) in [5.74, 6) is -0.136. The van der Waals surface area contributed by atoms with Gasteiger partial charge in [0, 0.05) is 10.6 Å². The van der Waals surface area contributed by atoms with E-state index in [4.69, 9.17) is 32.7 Å². The summed E-state index contributed by atoms with van der Waals surface area (Å²) in [6, 6.07) is 10.3. The first-order chi connectivity index (χ1) is 12.0. The third-order valence-electron chi connectivity index (χ3n) is 3.68. The normalized spacial score (nSPS) is 11.9. The van der Waals surface area contributed by atoms with E-state index in [9.17, 15) is 9.90 Å². The molecule has 2 rings (SSSR count). The van der Waals surface area contributed by atoms with Crippen LogP contribution in [0.2, 0.25) is 10.0 Å². The number of hydrogen-bond donors (Lipinski definition) is 1. The van der Waals surface area contributed by atoms with Gasteiger partial charge in [0.2, 0.25) is 6.10 Å². The van der Waals surface area contributed by atoms with Gasteiger partial charge in [-0.1, -0.05) is 48.7 Å². The monoisotopic (exact) mass is 382 g/mol. The molecule has 0 aliphatic heterocycles. The van der Waals surface area contributed by atoms with E-state index in [0.717, 1.165) is 12.0 Å². The maximum absolute atomic E-state index is 12.3.